The van der Waals surface area contributed by atoms with E-state index in [0.29, 0.717) is 6.42 Å². The van der Waals surface area contributed by atoms with Crippen molar-refractivity contribution in [2.45, 2.75) is 34.1 Å². The summed E-state index contributed by atoms with van der Waals surface area (Å²) in [5.41, 5.74) is 1.40. The molecule has 0 aliphatic heterocycles. The highest BCUT2D eigenvalue weighted by molar-refractivity contribution is 5.87. The average Bonchev–Trinajstić information content (AvgIpc) is 2.47. The van der Waals surface area contributed by atoms with Crippen molar-refractivity contribution in [3.63, 3.8) is 0 Å². The first kappa shape index (κ1) is 19.7. The zero-order chi connectivity index (χ0) is 18.3. The fourth-order valence-corrected chi connectivity index (χ4v) is 2.10. The normalized spacial score (nSPS) is 12.3. The predicted molar refractivity (Wildman–Crippen MR) is 91.5 cm³/mol. The van der Waals surface area contributed by atoms with Crippen molar-refractivity contribution in [2.75, 3.05) is 13.1 Å². The number of nitrogens with one attached hydrogen (secondary N) is 2. The molecule has 2 amide bonds. The van der Waals surface area contributed by atoms with Crippen molar-refractivity contribution in [3.05, 3.63) is 35.4 Å². The lowest BCUT2D eigenvalue weighted by atomic mass is 9.96. The topological polar surface area (TPSA) is 95.5 Å². The van der Waals surface area contributed by atoms with Gasteiger partial charge in [0.05, 0.1) is 12.5 Å². The van der Waals surface area contributed by atoms with Crippen LogP contribution >= 0.6 is 0 Å². The fraction of sp³-hybridized carbons (Fsp3) is 0.500. The molecule has 1 unspecified atom stereocenters. The van der Waals surface area contributed by atoms with Crippen molar-refractivity contribution in [1.82, 2.24) is 10.6 Å². The van der Waals surface area contributed by atoms with Gasteiger partial charge >= 0.3 is 5.97 Å². The summed E-state index contributed by atoms with van der Waals surface area (Å²) < 4.78 is 0. The zero-order valence-corrected chi connectivity index (χ0v) is 14.7. The van der Waals surface area contributed by atoms with Crippen LogP contribution in [0.15, 0.2) is 24.3 Å². The highest BCUT2D eigenvalue weighted by Crippen LogP contribution is 2.12. The Balaban J connectivity index is 2.50. The number of aryl methyl sites for hydroxylation is 1. The Morgan fingerprint density at radius 1 is 1.17 bits per heavy atom. The molecule has 1 aromatic rings. The third-order valence-corrected chi connectivity index (χ3v) is 3.55. The van der Waals surface area contributed by atoms with Crippen LogP contribution < -0.4 is 10.6 Å². The Kier molecular flexibility index (Phi) is 6.95. The SMILES string of the molecule is Cc1cccc(CC(CNC(=O)CNC(=O)C(C)(C)C)C(=O)O)c1. The van der Waals surface area contributed by atoms with Gasteiger partial charge in [0, 0.05) is 12.0 Å². The van der Waals surface area contributed by atoms with Crippen LogP contribution in [0.4, 0.5) is 0 Å². The molecule has 0 saturated carbocycles. The predicted octanol–water partition coefficient (Wildman–Crippen LogP) is 1.52. The minimum Gasteiger partial charge on any atom is -0.481 e. The molecule has 6 nitrogen and oxygen atoms in total. The summed E-state index contributed by atoms with van der Waals surface area (Å²) in [5.74, 6) is -2.31. The van der Waals surface area contributed by atoms with Crippen LogP contribution in [-0.2, 0) is 20.8 Å². The number of benzene rings is 1. The Bertz CT molecular complexity index is 605. The van der Waals surface area contributed by atoms with E-state index in [1.165, 1.54) is 0 Å². The van der Waals surface area contributed by atoms with Gasteiger partial charge in [-0.25, -0.2) is 0 Å². The smallest absolute Gasteiger partial charge is 0.308 e. The first-order valence-corrected chi connectivity index (χ1v) is 7.93. The summed E-state index contributed by atoms with van der Waals surface area (Å²) in [4.78, 5) is 34.9. The molecule has 1 rings (SSSR count). The minimum atomic E-state index is -0.962. The van der Waals surface area contributed by atoms with Crippen molar-refractivity contribution >= 4 is 17.8 Å². The molecule has 1 aromatic carbocycles. The number of carbonyl (C=O) groups is 3. The molecule has 3 N–H and O–H groups in total. The second kappa shape index (κ2) is 8.47. The highest BCUT2D eigenvalue weighted by Gasteiger charge is 2.22. The Morgan fingerprint density at radius 2 is 1.83 bits per heavy atom. The van der Waals surface area contributed by atoms with Gasteiger partial charge in [0.25, 0.3) is 0 Å². The van der Waals surface area contributed by atoms with Crippen LogP contribution in [0.5, 0.6) is 0 Å². The van der Waals surface area contributed by atoms with Gasteiger partial charge in [-0.15, -0.1) is 0 Å². The number of hydrogen-bond donors (Lipinski definition) is 3. The molecule has 0 fully saturated rings. The van der Waals surface area contributed by atoms with E-state index in [-0.39, 0.29) is 19.0 Å². The largest absolute Gasteiger partial charge is 0.481 e. The van der Waals surface area contributed by atoms with E-state index in [1.54, 1.807) is 20.8 Å². The lowest BCUT2D eigenvalue weighted by Gasteiger charge is -2.18. The van der Waals surface area contributed by atoms with Crippen LogP contribution in [0.3, 0.4) is 0 Å². The number of aliphatic carboxylic acids is 1. The fourth-order valence-electron chi connectivity index (χ4n) is 2.10. The average molecular weight is 334 g/mol. The molecule has 1 atom stereocenters. The number of rotatable bonds is 7. The molecule has 0 radical (unpaired) electrons. The molecular weight excluding hydrogens is 308 g/mol. The molecule has 0 aliphatic carbocycles. The van der Waals surface area contributed by atoms with E-state index in [2.05, 4.69) is 10.6 Å². The third kappa shape index (κ3) is 6.81. The van der Waals surface area contributed by atoms with E-state index in [1.807, 2.05) is 31.2 Å². The van der Waals surface area contributed by atoms with Gasteiger partial charge in [-0.2, -0.15) is 0 Å². The molecule has 0 bridgehead atoms. The van der Waals surface area contributed by atoms with Crippen LogP contribution in [-0.4, -0.2) is 36.0 Å². The van der Waals surface area contributed by atoms with E-state index < -0.39 is 23.2 Å². The van der Waals surface area contributed by atoms with Crippen molar-refractivity contribution in [2.24, 2.45) is 11.3 Å². The molecule has 6 heteroatoms. The maximum absolute atomic E-state index is 11.8. The Labute approximate surface area is 142 Å². The number of carboxylic acid groups (broad SMARTS) is 1. The quantitative estimate of drug-likeness (QED) is 0.704. The number of carboxylic acids is 1. The monoisotopic (exact) mass is 334 g/mol. The summed E-state index contributed by atoms with van der Waals surface area (Å²) >= 11 is 0. The first-order chi connectivity index (χ1) is 11.1. The summed E-state index contributed by atoms with van der Waals surface area (Å²) in [6.45, 7) is 7.06. The number of hydrogen-bond acceptors (Lipinski definition) is 3. The van der Waals surface area contributed by atoms with Crippen LogP contribution in [0, 0.1) is 18.3 Å². The summed E-state index contributed by atoms with van der Waals surface area (Å²) in [6.07, 6.45) is 0.339. The van der Waals surface area contributed by atoms with Crippen molar-refractivity contribution < 1.29 is 19.5 Å². The molecule has 0 saturated heterocycles. The van der Waals surface area contributed by atoms with E-state index in [4.69, 9.17) is 0 Å². The van der Waals surface area contributed by atoms with E-state index in [9.17, 15) is 19.5 Å². The first-order valence-electron chi connectivity index (χ1n) is 7.93. The van der Waals surface area contributed by atoms with E-state index >= 15 is 0 Å². The zero-order valence-electron chi connectivity index (χ0n) is 14.7. The van der Waals surface area contributed by atoms with Crippen molar-refractivity contribution in [1.29, 1.82) is 0 Å². The van der Waals surface area contributed by atoms with Gasteiger partial charge < -0.3 is 15.7 Å². The van der Waals surface area contributed by atoms with E-state index in [0.717, 1.165) is 11.1 Å². The van der Waals surface area contributed by atoms with Crippen LogP contribution in [0.2, 0.25) is 0 Å². The molecule has 0 heterocycles. The Hall–Kier alpha value is -2.37. The maximum atomic E-state index is 11.8. The number of carbonyl (C=O) groups excluding carboxylic acids is 2. The molecule has 0 aliphatic rings. The van der Waals surface area contributed by atoms with Gasteiger partial charge in [0.2, 0.25) is 11.8 Å². The van der Waals surface area contributed by atoms with Crippen LogP contribution in [0.25, 0.3) is 0 Å². The highest BCUT2D eigenvalue weighted by atomic mass is 16.4. The molecule has 0 spiro atoms. The lowest BCUT2D eigenvalue weighted by Crippen LogP contribution is -2.43. The number of amides is 2. The van der Waals surface area contributed by atoms with Crippen molar-refractivity contribution in [3.8, 4) is 0 Å². The van der Waals surface area contributed by atoms with Gasteiger partial charge in [0.1, 0.15) is 0 Å². The minimum absolute atomic E-state index is 0.0213. The Morgan fingerprint density at radius 3 is 2.38 bits per heavy atom. The lowest BCUT2D eigenvalue weighted by molar-refractivity contribution is -0.141. The summed E-state index contributed by atoms with van der Waals surface area (Å²) in [7, 11) is 0. The summed E-state index contributed by atoms with van der Waals surface area (Å²) in [6, 6.07) is 7.62. The molecule has 0 aromatic heterocycles. The second-order valence-corrected chi connectivity index (χ2v) is 6.97. The molecular formula is C18H26N2O4. The van der Waals surface area contributed by atoms with Gasteiger partial charge in [-0.1, -0.05) is 50.6 Å². The maximum Gasteiger partial charge on any atom is 0.308 e. The van der Waals surface area contributed by atoms with Gasteiger partial charge in [0.15, 0.2) is 0 Å². The standard InChI is InChI=1S/C18H26N2O4/c1-12-6-5-7-13(8-12)9-14(16(22)23)10-19-15(21)11-20-17(24)18(2,3)4/h5-8,14H,9-11H2,1-4H3,(H,19,21)(H,20,24)(H,22,23). The van der Waals surface area contributed by atoms with Gasteiger partial charge in [-0.05, 0) is 18.9 Å². The second-order valence-electron chi connectivity index (χ2n) is 6.97. The molecule has 24 heavy (non-hydrogen) atoms. The molecule has 132 valence electrons. The summed E-state index contributed by atoms with van der Waals surface area (Å²) in [5, 5.41) is 14.4. The third-order valence-electron chi connectivity index (χ3n) is 3.55. The van der Waals surface area contributed by atoms with Gasteiger partial charge in [-0.3, -0.25) is 14.4 Å². The van der Waals surface area contributed by atoms with Crippen LogP contribution in [0.1, 0.15) is 31.9 Å².